The Morgan fingerprint density at radius 3 is 1.35 bits per heavy atom. The zero-order chi connectivity index (χ0) is 23.0. The highest BCUT2D eigenvalue weighted by Gasteiger charge is 2.23. The van der Waals surface area contributed by atoms with Gasteiger partial charge in [0.05, 0.1) is 12.2 Å². The molecule has 2 N–H and O–H groups in total. The molecule has 6 nitrogen and oxygen atoms in total. The molecule has 2 rings (SSSR count). The third-order valence-electron chi connectivity index (χ3n) is 5.25. The zero-order valence-corrected chi connectivity index (χ0v) is 18.6. The standard InChI is InChI=1S/C25H32O6/c1-17(26)30-15-23(28)13-19-5-9-21(10-6-19)25(3,4)22-11-7-20(8-12-22)14-24(29)16-31-18(2)27/h5-12,23-24,28-29H,13-16H2,1-4H3. The maximum atomic E-state index is 10.9. The number of esters is 2. The van der Waals surface area contributed by atoms with Crippen molar-refractivity contribution in [2.75, 3.05) is 13.2 Å². The second kappa shape index (κ2) is 11.1. The lowest BCUT2D eigenvalue weighted by Gasteiger charge is -2.27. The van der Waals surface area contributed by atoms with Crippen molar-refractivity contribution in [1.82, 2.24) is 0 Å². The van der Waals surface area contributed by atoms with Crippen LogP contribution in [0.4, 0.5) is 0 Å². The highest BCUT2D eigenvalue weighted by atomic mass is 16.5. The molecule has 0 saturated carbocycles. The van der Waals surface area contributed by atoms with E-state index in [0.717, 1.165) is 22.3 Å². The van der Waals surface area contributed by atoms with E-state index in [9.17, 15) is 19.8 Å². The van der Waals surface area contributed by atoms with Crippen molar-refractivity contribution in [1.29, 1.82) is 0 Å². The monoisotopic (exact) mass is 428 g/mol. The van der Waals surface area contributed by atoms with E-state index in [-0.39, 0.29) is 18.6 Å². The summed E-state index contributed by atoms with van der Waals surface area (Å²) in [6.07, 6.45) is -0.630. The molecule has 0 amide bonds. The van der Waals surface area contributed by atoms with Gasteiger partial charge in [-0.3, -0.25) is 9.59 Å². The lowest BCUT2D eigenvalue weighted by molar-refractivity contribution is -0.144. The number of rotatable bonds is 10. The van der Waals surface area contributed by atoms with Crippen LogP contribution < -0.4 is 0 Å². The van der Waals surface area contributed by atoms with Crippen molar-refractivity contribution in [3.63, 3.8) is 0 Å². The fraction of sp³-hybridized carbons (Fsp3) is 0.440. The molecule has 0 radical (unpaired) electrons. The minimum Gasteiger partial charge on any atom is -0.463 e. The van der Waals surface area contributed by atoms with Gasteiger partial charge in [0.15, 0.2) is 0 Å². The summed E-state index contributed by atoms with van der Waals surface area (Å²) in [4.78, 5) is 21.7. The molecular weight excluding hydrogens is 396 g/mol. The summed E-state index contributed by atoms with van der Waals surface area (Å²) in [6, 6.07) is 16.1. The molecule has 2 aromatic rings. The molecule has 2 atom stereocenters. The summed E-state index contributed by atoms with van der Waals surface area (Å²) < 4.78 is 9.69. The highest BCUT2D eigenvalue weighted by Crippen LogP contribution is 2.32. The number of hydrogen-bond donors (Lipinski definition) is 2. The first-order chi connectivity index (χ1) is 14.6. The van der Waals surface area contributed by atoms with Gasteiger partial charge in [-0.25, -0.2) is 0 Å². The molecular formula is C25H32O6. The largest absolute Gasteiger partial charge is 0.463 e. The van der Waals surface area contributed by atoms with E-state index in [1.165, 1.54) is 13.8 Å². The number of carbonyl (C=O) groups excluding carboxylic acids is 2. The van der Waals surface area contributed by atoms with Crippen LogP contribution in [0.25, 0.3) is 0 Å². The topological polar surface area (TPSA) is 93.1 Å². The Labute approximate surface area is 183 Å². The normalized spacial score (nSPS) is 13.4. The van der Waals surface area contributed by atoms with Gasteiger partial charge in [-0.1, -0.05) is 62.4 Å². The maximum absolute atomic E-state index is 10.9. The molecule has 0 heterocycles. The van der Waals surface area contributed by atoms with Crippen molar-refractivity contribution in [2.24, 2.45) is 0 Å². The van der Waals surface area contributed by atoms with Crippen LogP contribution in [0.2, 0.25) is 0 Å². The van der Waals surface area contributed by atoms with Gasteiger partial charge in [0.25, 0.3) is 0 Å². The summed E-state index contributed by atoms with van der Waals surface area (Å²) in [5, 5.41) is 20.0. The average molecular weight is 429 g/mol. The van der Waals surface area contributed by atoms with Crippen LogP contribution in [0.1, 0.15) is 49.9 Å². The average Bonchev–Trinajstić information content (AvgIpc) is 2.71. The first-order valence-corrected chi connectivity index (χ1v) is 10.4. The van der Waals surface area contributed by atoms with Crippen LogP contribution in [0.5, 0.6) is 0 Å². The molecule has 168 valence electrons. The molecule has 2 aromatic carbocycles. The number of hydrogen-bond acceptors (Lipinski definition) is 6. The molecule has 2 unspecified atom stereocenters. The minimum atomic E-state index is -0.730. The third-order valence-corrected chi connectivity index (χ3v) is 5.25. The highest BCUT2D eigenvalue weighted by molar-refractivity contribution is 5.66. The fourth-order valence-corrected chi connectivity index (χ4v) is 3.37. The number of aliphatic hydroxyl groups excluding tert-OH is 2. The van der Waals surface area contributed by atoms with Gasteiger partial charge in [-0.05, 0) is 22.3 Å². The predicted octanol–water partition coefficient (Wildman–Crippen LogP) is 2.95. The quantitative estimate of drug-likeness (QED) is 0.565. The van der Waals surface area contributed by atoms with Crippen molar-refractivity contribution < 1.29 is 29.3 Å². The lowest BCUT2D eigenvalue weighted by atomic mass is 9.77. The smallest absolute Gasteiger partial charge is 0.302 e. The van der Waals surface area contributed by atoms with E-state index in [2.05, 4.69) is 13.8 Å². The van der Waals surface area contributed by atoms with Gasteiger partial charge >= 0.3 is 11.9 Å². The summed E-state index contributed by atoms with van der Waals surface area (Å²) in [5.41, 5.74) is 3.97. The van der Waals surface area contributed by atoms with Crippen LogP contribution in [-0.4, -0.2) is 47.6 Å². The van der Waals surface area contributed by atoms with Crippen molar-refractivity contribution >= 4 is 11.9 Å². The Hall–Kier alpha value is -2.70. The van der Waals surface area contributed by atoms with Crippen LogP contribution in [0, 0.1) is 0 Å². The number of aliphatic hydroxyl groups is 2. The molecule has 0 saturated heterocycles. The molecule has 6 heteroatoms. The molecule has 0 aliphatic rings. The second-order valence-electron chi connectivity index (χ2n) is 8.34. The zero-order valence-electron chi connectivity index (χ0n) is 18.6. The van der Waals surface area contributed by atoms with Crippen molar-refractivity contribution in [2.45, 2.75) is 58.2 Å². The summed E-state index contributed by atoms with van der Waals surface area (Å²) in [7, 11) is 0. The SMILES string of the molecule is CC(=O)OCC(O)Cc1ccc(C(C)(C)c2ccc(CC(O)COC(C)=O)cc2)cc1. The minimum absolute atomic E-state index is 0.00942. The molecule has 0 spiro atoms. The Morgan fingerprint density at radius 2 is 1.06 bits per heavy atom. The van der Waals surface area contributed by atoms with Crippen molar-refractivity contribution in [3.05, 3.63) is 70.8 Å². The number of carbonyl (C=O) groups is 2. The molecule has 0 aliphatic heterocycles. The van der Waals surface area contributed by atoms with E-state index in [1.54, 1.807) is 0 Å². The Morgan fingerprint density at radius 1 is 0.742 bits per heavy atom. The summed E-state index contributed by atoms with van der Waals surface area (Å²) >= 11 is 0. The van der Waals surface area contributed by atoms with E-state index in [0.29, 0.717) is 12.8 Å². The maximum Gasteiger partial charge on any atom is 0.302 e. The van der Waals surface area contributed by atoms with Gasteiger partial charge in [0.2, 0.25) is 0 Å². The first kappa shape index (κ1) is 24.6. The van der Waals surface area contributed by atoms with Gasteiger partial charge in [-0.15, -0.1) is 0 Å². The second-order valence-corrected chi connectivity index (χ2v) is 8.34. The van der Waals surface area contributed by atoms with Gasteiger partial charge < -0.3 is 19.7 Å². The Balaban J connectivity index is 2.00. The van der Waals surface area contributed by atoms with E-state index in [4.69, 9.17) is 9.47 Å². The number of ether oxygens (including phenoxy) is 2. The lowest BCUT2D eigenvalue weighted by Crippen LogP contribution is -2.21. The van der Waals surface area contributed by atoms with Gasteiger partial charge in [0.1, 0.15) is 13.2 Å². The summed E-state index contributed by atoms with van der Waals surface area (Å²) in [6.45, 7) is 6.90. The van der Waals surface area contributed by atoms with E-state index >= 15 is 0 Å². The third kappa shape index (κ3) is 7.81. The molecule has 0 aliphatic carbocycles. The van der Waals surface area contributed by atoms with Crippen LogP contribution in [0.3, 0.4) is 0 Å². The Kier molecular flexibility index (Phi) is 8.77. The molecule has 0 aromatic heterocycles. The van der Waals surface area contributed by atoms with Crippen molar-refractivity contribution in [3.8, 4) is 0 Å². The number of benzene rings is 2. The molecule has 0 fully saturated rings. The van der Waals surface area contributed by atoms with Gasteiger partial charge in [0, 0.05) is 32.1 Å². The van der Waals surface area contributed by atoms with Crippen LogP contribution >= 0.6 is 0 Å². The van der Waals surface area contributed by atoms with Crippen LogP contribution in [-0.2, 0) is 37.3 Å². The Bertz CT molecular complexity index is 783. The van der Waals surface area contributed by atoms with E-state index in [1.807, 2.05) is 48.5 Å². The van der Waals surface area contributed by atoms with Gasteiger partial charge in [-0.2, -0.15) is 0 Å². The predicted molar refractivity (Wildman–Crippen MR) is 118 cm³/mol. The summed E-state index contributed by atoms with van der Waals surface area (Å²) in [5.74, 6) is -0.804. The molecule has 0 bridgehead atoms. The van der Waals surface area contributed by atoms with E-state index < -0.39 is 24.1 Å². The fourth-order valence-electron chi connectivity index (χ4n) is 3.37. The first-order valence-electron chi connectivity index (χ1n) is 10.4. The molecule has 31 heavy (non-hydrogen) atoms. The van der Waals surface area contributed by atoms with Crippen LogP contribution in [0.15, 0.2) is 48.5 Å².